The molecule has 0 aromatic heterocycles. The van der Waals surface area contributed by atoms with Gasteiger partial charge in [-0.25, -0.2) is 0 Å². The standard InChI is InChI=1S/C18H32O2/c1-13(11-17(2,3)4)8-9-20-16(19)18(5)12-14-6-7-15(18)10-14/h13-15H,6-12H2,1-5H3. The van der Waals surface area contributed by atoms with Crippen LogP contribution >= 0.6 is 0 Å². The van der Waals surface area contributed by atoms with Crippen LogP contribution in [0.1, 0.15) is 73.1 Å². The van der Waals surface area contributed by atoms with Crippen LogP contribution in [0.5, 0.6) is 0 Å². The molecule has 0 amide bonds. The Labute approximate surface area is 124 Å². The van der Waals surface area contributed by atoms with E-state index >= 15 is 0 Å². The molecule has 2 nitrogen and oxygen atoms in total. The summed E-state index contributed by atoms with van der Waals surface area (Å²) < 4.78 is 5.63. The number of fused-ring (bicyclic) bond motifs is 2. The molecule has 2 saturated carbocycles. The molecule has 2 rings (SSSR count). The van der Waals surface area contributed by atoms with Crippen LogP contribution < -0.4 is 0 Å². The van der Waals surface area contributed by atoms with E-state index in [0.717, 1.165) is 18.8 Å². The zero-order valence-electron chi connectivity index (χ0n) is 14.0. The molecular formula is C18H32O2. The van der Waals surface area contributed by atoms with Gasteiger partial charge in [-0.1, -0.05) is 34.1 Å². The van der Waals surface area contributed by atoms with Crippen molar-refractivity contribution in [3.8, 4) is 0 Å². The molecule has 2 fully saturated rings. The summed E-state index contributed by atoms with van der Waals surface area (Å²) in [5, 5.41) is 0. The van der Waals surface area contributed by atoms with Gasteiger partial charge in [0.05, 0.1) is 12.0 Å². The number of esters is 1. The zero-order valence-corrected chi connectivity index (χ0v) is 14.0. The Hall–Kier alpha value is -0.530. The molecule has 0 saturated heterocycles. The van der Waals surface area contributed by atoms with Crippen molar-refractivity contribution in [3.05, 3.63) is 0 Å². The Kier molecular flexibility index (Phi) is 4.51. The molecule has 4 unspecified atom stereocenters. The second-order valence-electron chi connectivity index (χ2n) is 8.79. The van der Waals surface area contributed by atoms with Crippen molar-refractivity contribution in [2.24, 2.45) is 28.6 Å². The van der Waals surface area contributed by atoms with Crippen molar-refractivity contribution in [3.63, 3.8) is 0 Å². The quantitative estimate of drug-likeness (QED) is 0.675. The normalized spacial score (nSPS) is 34.2. The molecule has 0 spiro atoms. The molecule has 0 N–H and O–H groups in total. The predicted molar refractivity (Wildman–Crippen MR) is 82.4 cm³/mol. The highest BCUT2D eigenvalue weighted by Crippen LogP contribution is 2.56. The summed E-state index contributed by atoms with van der Waals surface area (Å²) in [6, 6.07) is 0. The van der Waals surface area contributed by atoms with Crippen LogP contribution in [0.25, 0.3) is 0 Å². The Morgan fingerprint density at radius 1 is 1.35 bits per heavy atom. The molecule has 0 radical (unpaired) electrons. The summed E-state index contributed by atoms with van der Waals surface area (Å²) in [5.74, 6) is 2.08. The number of hydrogen-bond donors (Lipinski definition) is 0. The number of hydrogen-bond acceptors (Lipinski definition) is 2. The molecule has 2 aliphatic carbocycles. The van der Waals surface area contributed by atoms with Crippen molar-refractivity contribution >= 4 is 5.97 Å². The summed E-state index contributed by atoms with van der Waals surface area (Å²) in [6.07, 6.45) is 7.06. The highest BCUT2D eigenvalue weighted by Gasteiger charge is 2.53. The van der Waals surface area contributed by atoms with Gasteiger partial charge in [-0.2, -0.15) is 0 Å². The fraction of sp³-hybridized carbons (Fsp3) is 0.944. The van der Waals surface area contributed by atoms with Gasteiger partial charge >= 0.3 is 5.97 Å². The average molecular weight is 280 g/mol. The summed E-state index contributed by atoms with van der Waals surface area (Å²) in [7, 11) is 0. The van der Waals surface area contributed by atoms with E-state index in [1.807, 2.05) is 0 Å². The molecular weight excluding hydrogens is 248 g/mol. The van der Waals surface area contributed by atoms with Crippen LogP contribution in [-0.4, -0.2) is 12.6 Å². The van der Waals surface area contributed by atoms with E-state index in [1.165, 1.54) is 25.7 Å². The van der Waals surface area contributed by atoms with Gasteiger partial charge in [0.1, 0.15) is 0 Å². The van der Waals surface area contributed by atoms with Gasteiger partial charge in [-0.15, -0.1) is 0 Å². The van der Waals surface area contributed by atoms with E-state index in [1.54, 1.807) is 0 Å². The van der Waals surface area contributed by atoms with Crippen molar-refractivity contribution in [2.75, 3.05) is 6.61 Å². The maximum absolute atomic E-state index is 12.4. The molecule has 2 bridgehead atoms. The highest BCUT2D eigenvalue weighted by molar-refractivity contribution is 5.77. The lowest BCUT2D eigenvalue weighted by atomic mass is 9.75. The molecule has 0 aromatic carbocycles. The average Bonchev–Trinajstić information content (AvgIpc) is 2.86. The lowest BCUT2D eigenvalue weighted by Crippen LogP contribution is -2.35. The molecule has 0 aliphatic heterocycles. The minimum Gasteiger partial charge on any atom is -0.465 e. The fourth-order valence-electron chi connectivity index (χ4n) is 4.52. The first-order chi connectivity index (χ1) is 9.21. The van der Waals surface area contributed by atoms with Gasteiger partial charge in [0, 0.05) is 0 Å². The van der Waals surface area contributed by atoms with Crippen LogP contribution in [0.15, 0.2) is 0 Å². The Bertz CT molecular complexity index is 355. The lowest BCUT2D eigenvalue weighted by Gasteiger charge is -2.31. The van der Waals surface area contributed by atoms with Gasteiger partial charge in [0.15, 0.2) is 0 Å². The Balaban J connectivity index is 1.73. The third kappa shape index (κ3) is 3.56. The molecule has 2 heteroatoms. The first kappa shape index (κ1) is 15.9. The minimum atomic E-state index is -0.170. The molecule has 20 heavy (non-hydrogen) atoms. The highest BCUT2D eigenvalue weighted by atomic mass is 16.5. The SMILES string of the molecule is CC(CCOC(=O)C1(C)CC2CCC1C2)CC(C)(C)C. The van der Waals surface area contributed by atoms with Gasteiger partial charge < -0.3 is 4.74 Å². The smallest absolute Gasteiger partial charge is 0.312 e. The third-order valence-corrected chi connectivity index (χ3v) is 5.43. The molecule has 116 valence electrons. The molecule has 4 atom stereocenters. The monoisotopic (exact) mass is 280 g/mol. The second kappa shape index (κ2) is 5.69. The van der Waals surface area contributed by atoms with E-state index < -0.39 is 0 Å². The van der Waals surface area contributed by atoms with Crippen LogP contribution in [0.3, 0.4) is 0 Å². The van der Waals surface area contributed by atoms with Crippen molar-refractivity contribution in [1.29, 1.82) is 0 Å². The van der Waals surface area contributed by atoms with E-state index in [-0.39, 0.29) is 11.4 Å². The molecule has 0 heterocycles. The van der Waals surface area contributed by atoms with Crippen LogP contribution in [0.4, 0.5) is 0 Å². The Morgan fingerprint density at radius 2 is 2.05 bits per heavy atom. The van der Waals surface area contributed by atoms with Crippen LogP contribution in [-0.2, 0) is 9.53 Å². The first-order valence-electron chi connectivity index (χ1n) is 8.38. The number of carbonyl (C=O) groups is 1. The van der Waals surface area contributed by atoms with E-state index in [9.17, 15) is 4.79 Å². The molecule has 0 aromatic rings. The second-order valence-corrected chi connectivity index (χ2v) is 8.79. The van der Waals surface area contributed by atoms with E-state index in [0.29, 0.717) is 23.9 Å². The number of carbonyl (C=O) groups excluding carboxylic acids is 1. The first-order valence-corrected chi connectivity index (χ1v) is 8.38. The number of rotatable bonds is 5. The van der Waals surface area contributed by atoms with E-state index in [2.05, 4.69) is 34.6 Å². The number of ether oxygens (including phenoxy) is 1. The fourth-order valence-corrected chi connectivity index (χ4v) is 4.52. The van der Waals surface area contributed by atoms with Crippen molar-refractivity contribution < 1.29 is 9.53 Å². The third-order valence-electron chi connectivity index (χ3n) is 5.43. The molecule has 2 aliphatic rings. The van der Waals surface area contributed by atoms with Gasteiger partial charge in [0.2, 0.25) is 0 Å². The maximum Gasteiger partial charge on any atom is 0.312 e. The van der Waals surface area contributed by atoms with Gasteiger partial charge in [-0.05, 0) is 62.2 Å². The lowest BCUT2D eigenvalue weighted by molar-refractivity contribution is -0.158. The van der Waals surface area contributed by atoms with E-state index in [4.69, 9.17) is 4.74 Å². The predicted octanol–water partition coefficient (Wildman–Crippen LogP) is 4.82. The van der Waals surface area contributed by atoms with Crippen molar-refractivity contribution in [2.45, 2.75) is 73.1 Å². The topological polar surface area (TPSA) is 26.3 Å². The van der Waals surface area contributed by atoms with Crippen LogP contribution in [0, 0.1) is 28.6 Å². The maximum atomic E-state index is 12.4. The largest absolute Gasteiger partial charge is 0.465 e. The minimum absolute atomic E-state index is 0.0765. The van der Waals surface area contributed by atoms with Crippen LogP contribution in [0.2, 0.25) is 0 Å². The Morgan fingerprint density at radius 3 is 2.55 bits per heavy atom. The van der Waals surface area contributed by atoms with Crippen molar-refractivity contribution in [1.82, 2.24) is 0 Å². The summed E-state index contributed by atoms with van der Waals surface area (Å²) in [4.78, 5) is 12.4. The van der Waals surface area contributed by atoms with Gasteiger partial charge in [0.25, 0.3) is 0 Å². The zero-order chi connectivity index (χ0) is 15.0. The summed E-state index contributed by atoms with van der Waals surface area (Å²) in [5.41, 5.74) is 0.191. The summed E-state index contributed by atoms with van der Waals surface area (Å²) >= 11 is 0. The van der Waals surface area contributed by atoms with Gasteiger partial charge in [-0.3, -0.25) is 4.79 Å². The summed E-state index contributed by atoms with van der Waals surface area (Å²) in [6.45, 7) is 11.8.